The van der Waals surface area contributed by atoms with Gasteiger partial charge in [-0.3, -0.25) is 0 Å². The molecule has 140 valence electrons. The summed E-state index contributed by atoms with van der Waals surface area (Å²) >= 11 is 0. The van der Waals surface area contributed by atoms with Crippen molar-refractivity contribution in [2.24, 2.45) is 0 Å². The number of hydrogen-bond donors (Lipinski definition) is 1. The molecule has 2 aromatic carbocycles. The number of benzene rings is 2. The standard InChI is InChI=1S/C19H22F2N2O2S/c20-17-8-6-9-18(21)16(17)14-22-13-15-7-2-3-10-19(15)26(24,25)23-11-4-1-5-12-23/h2-3,6-10,22H,1,4-5,11-14H2. The Labute approximate surface area is 152 Å². The van der Waals surface area contributed by atoms with Crippen LogP contribution < -0.4 is 5.32 Å². The molecule has 4 nitrogen and oxygen atoms in total. The second-order valence-electron chi connectivity index (χ2n) is 6.38. The van der Waals surface area contributed by atoms with Crippen molar-refractivity contribution in [1.82, 2.24) is 9.62 Å². The molecule has 0 saturated carbocycles. The minimum atomic E-state index is -3.56. The van der Waals surface area contributed by atoms with Gasteiger partial charge in [0, 0.05) is 31.7 Å². The Morgan fingerprint density at radius 2 is 1.54 bits per heavy atom. The molecule has 1 N–H and O–H groups in total. The molecule has 1 fully saturated rings. The van der Waals surface area contributed by atoms with Crippen LogP contribution in [0.2, 0.25) is 0 Å². The minimum Gasteiger partial charge on any atom is -0.308 e. The van der Waals surface area contributed by atoms with E-state index in [1.807, 2.05) is 0 Å². The van der Waals surface area contributed by atoms with Crippen molar-refractivity contribution in [2.45, 2.75) is 37.2 Å². The van der Waals surface area contributed by atoms with Crippen molar-refractivity contribution < 1.29 is 17.2 Å². The van der Waals surface area contributed by atoms with Crippen molar-refractivity contribution in [1.29, 1.82) is 0 Å². The lowest BCUT2D eigenvalue weighted by molar-refractivity contribution is 0.346. The molecule has 1 aliphatic rings. The van der Waals surface area contributed by atoms with Crippen LogP contribution in [0.25, 0.3) is 0 Å². The molecule has 0 atom stereocenters. The molecule has 0 amide bonds. The topological polar surface area (TPSA) is 49.4 Å². The zero-order valence-corrected chi connectivity index (χ0v) is 15.2. The van der Waals surface area contributed by atoms with Crippen molar-refractivity contribution in [3.05, 3.63) is 65.2 Å². The Morgan fingerprint density at radius 3 is 2.23 bits per heavy atom. The lowest BCUT2D eigenvalue weighted by Crippen LogP contribution is -2.36. The quantitative estimate of drug-likeness (QED) is 0.835. The summed E-state index contributed by atoms with van der Waals surface area (Å²) in [5.74, 6) is -1.24. The molecule has 0 radical (unpaired) electrons. The monoisotopic (exact) mass is 380 g/mol. The molecule has 0 bridgehead atoms. The van der Waals surface area contributed by atoms with Crippen molar-refractivity contribution in [2.75, 3.05) is 13.1 Å². The SMILES string of the molecule is O=S(=O)(c1ccccc1CNCc1c(F)cccc1F)N1CCCCC1. The first-order valence-corrected chi connectivity index (χ1v) is 10.2. The number of nitrogens with one attached hydrogen (secondary N) is 1. The first-order valence-electron chi connectivity index (χ1n) is 8.72. The predicted molar refractivity (Wildman–Crippen MR) is 96.0 cm³/mol. The Balaban J connectivity index is 1.75. The van der Waals surface area contributed by atoms with Gasteiger partial charge in [0.1, 0.15) is 11.6 Å². The average Bonchev–Trinajstić information content (AvgIpc) is 2.65. The van der Waals surface area contributed by atoms with E-state index in [0.29, 0.717) is 18.7 Å². The molecule has 1 aliphatic heterocycles. The molecule has 26 heavy (non-hydrogen) atoms. The number of sulfonamides is 1. The van der Waals surface area contributed by atoms with Crippen LogP contribution in [-0.4, -0.2) is 25.8 Å². The fourth-order valence-corrected chi connectivity index (χ4v) is 4.91. The van der Waals surface area contributed by atoms with E-state index < -0.39 is 21.7 Å². The fourth-order valence-electron chi connectivity index (χ4n) is 3.17. The molecule has 1 heterocycles. The molecular weight excluding hydrogens is 358 g/mol. The van der Waals surface area contributed by atoms with Gasteiger partial charge in [0.15, 0.2) is 0 Å². The van der Waals surface area contributed by atoms with Crippen molar-refractivity contribution in [3.8, 4) is 0 Å². The highest BCUT2D eigenvalue weighted by Crippen LogP contribution is 2.23. The molecule has 0 aliphatic carbocycles. The third-order valence-corrected chi connectivity index (χ3v) is 6.58. The summed E-state index contributed by atoms with van der Waals surface area (Å²) < 4.78 is 54.8. The van der Waals surface area contributed by atoms with Crippen LogP contribution in [0.1, 0.15) is 30.4 Å². The first-order chi connectivity index (χ1) is 12.5. The summed E-state index contributed by atoms with van der Waals surface area (Å²) in [5, 5.41) is 2.95. The fraction of sp³-hybridized carbons (Fsp3) is 0.368. The van der Waals surface area contributed by atoms with Gasteiger partial charge in [-0.15, -0.1) is 0 Å². The summed E-state index contributed by atoms with van der Waals surface area (Å²) in [7, 11) is -3.56. The number of piperidine rings is 1. The van der Waals surface area contributed by atoms with Crippen LogP contribution in [-0.2, 0) is 23.1 Å². The van der Waals surface area contributed by atoms with E-state index in [9.17, 15) is 17.2 Å². The highest BCUT2D eigenvalue weighted by molar-refractivity contribution is 7.89. The van der Waals surface area contributed by atoms with E-state index >= 15 is 0 Å². The molecule has 0 aromatic heterocycles. The predicted octanol–water partition coefficient (Wildman–Crippen LogP) is 3.43. The lowest BCUT2D eigenvalue weighted by Gasteiger charge is -2.26. The van der Waals surface area contributed by atoms with Crippen LogP contribution in [0.3, 0.4) is 0 Å². The molecule has 0 unspecified atom stereocenters. The minimum absolute atomic E-state index is 0.0173. The van der Waals surface area contributed by atoms with E-state index in [4.69, 9.17) is 0 Å². The Kier molecular flexibility index (Phi) is 6.01. The van der Waals surface area contributed by atoms with E-state index in [2.05, 4.69) is 5.32 Å². The van der Waals surface area contributed by atoms with Gasteiger partial charge < -0.3 is 5.32 Å². The maximum absolute atomic E-state index is 13.7. The van der Waals surface area contributed by atoms with Gasteiger partial charge in [-0.2, -0.15) is 4.31 Å². The number of rotatable bonds is 6. The van der Waals surface area contributed by atoms with Gasteiger partial charge >= 0.3 is 0 Å². The Hall–Kier alpha value is -1.83. The van der Waals surface area contributed by atoms with E-state index in [1.165, 1.54) is 22.5 Å². The normalized spacial score (nSPS) is 15.9. The van der Waals surface area contributed by atoms with Crippen LogP contribution in [0.5, 0.6) is 0 Å². The van der Waals surface area contributed by atoms with E-state index in [1.54, 1.807) is 24.3 Å². The third kappa shape index (κ3) is 4.11. The molecule has 2 aromatic rings. The van der Waals surface area contributed by atoms with Gasteiger partial charge in [0.2, 0.25) is 10.0 Å². The van der Waals surface area contributed by atoms with Crippen LogP contribution in [0.4, 0.5) is 8.78 Å². The molecule has 0 spiro atoms. The highest BCUT2D eigenvalue weighted by Gasteiger charge is 2.27. The maximum atomic E-state index is 13.7. The van der Waals surface area contributed by atoms with Gasteiger partial charge in [0.05, 0.1) is 4.90 Å². The number of hydrogen-bond acceptors (Lipinski definition) is 3. The second kappa shape index (κ2) is 8.24. The summed E-state index contributed by atoms with van der Waals surface area (Å²) in [6, 6.07) is 10.5. The molecule has 1 saturated heterocycles. The van der Waals surface area contributed by atoms with Crippen LogP contribution in [0.15, 0.2) is 47.4 Å². The summed E-state index contributed by atoms with van der Waals surface area (Å²) in [5.41, 5.74) is 0.540. The highest BCUT2D eigenvalue weighted by atomic mass is 32.2. The third-order valence-electron chi connectivity index (χ3n) is 4.58. The summed E-state index contributed by atoms with van der Waals surface area (Å²) in [6.07, 6.45) is 2.78. The van der Waals surface area contributed by atoms with E-state index in [-0.39, 0.29) is 23.5 Å². The van der Waals surface area contributed by atoms with Gasteiger partial charge in [-0.05, 0) is 36.6 Å². The smallest absolute Gasteiger partial charge is 0.243 e. The van der Waals surface area contributed by atoms with Gasteiger partial charge in [0.25, 0.3) is 0 Å². The Morgan fingerprint density at radius 1 is 0.885 bits per heavy atom. The summed E-state index contributed by atoms with van der Waals surface area (Å²) in [4.78, 5) is 0.253. The summed E-state index contributed by atoms with van der Waals surface area (Å²) in [6.45, 7) is 1.25. The zero-order valence-electron chi connectivity index (χ0n) is 14.4. The van der Waals surface area contributed by atoms with Crippen molar-refractivity contribution >= 4 is 10.0 Å². The van der Waals surface area contributed by atoms with Crippen LogP contribution >= 0.6 is 0 Å². The largest absolute Gasteiger partial charge is 0.308 e. The lowest BCUT2D eigenvalue weighted by atomic mass is 10.2. The zero-order chi connectivity index (χ0) is 18.6. The molecular formula is C19H22F2N2O2S. The van der Waals surface area contributed by atoms with Crippen LogP contribution in [0, 0.1) is 11.6 Å². The number of halogens is 2. The second-order valence-corrected chi connectivity index (χ2v) is 8.28. The van der Waals surface area contributed by atoms with E-state index in [0.717, 1.165) is 19.3 Å². The first kappa shape index (κ1) is 18.9. The molecule has 3 rings (SSSR count). The van der Waals surface area contributed by atoms with Crippen molar-refractivity contribution in [3.63, 3.8) is 0 Å². The molecule has 7 heteroatoms. The van der Waals surface area contributed by atoms with Gasteiger partial charge in [-0.1, -0.05) is 30.7 Å². The average molecular weight is 380 g/mol. The van der Waals surface area contributed by atoms with Gasteiger partial charge in [-0.25, -0.2) is 17.2 Å². The maximum Gasteiger partial charge on any atom is 0.243 e. The number of nitrogens with zero attached hydrogens (tertiary/aromatic N) is 1. The Bertz CT molecular complexity index is 845.